The zero-order chi connectivity index (χ0) is 20.0. The fraction of sp³-hybridized carbons (Fsp3) is 0.350. The van der Waals surface area contributed by atoms with Crippen molar-refractivity contribution in [1.82, 2.24) is 39.2 Å². The monoisotopic (exact) mass is 390 g/mol. The minimum absolute atomic E-state index is 0.00962. The summed E-state index contributed by atoms with van der Waals surface area (Å²) in [6, 6.07) is 7.61. The molecule has 0 radical (unpaired) electrons. The molecule has 0 aliphatic carbocycles. The highest BCUT2D eigenvalue weighted by atomic mass is 16.2. The van der Waals surface area contributed by atoms with E-state index in [1.165, 1.54) is 0 Å². The Morgan fingerprint density at radius 2 is 2.14 bits per heavy atom. The van der Waals surface area contributed by atoms with Gasteiger partial charge in [-0.25, -0.2) is 4.98 Å². The van der Waals surface area contributed by atoms with Crippen LogP contribution in [0.5, 0.6) is 0 Å². The first-order valence-corrected chi connectivity index (χ1v) is 9.75. The van der Waals surface area contributed by atoms with E-state index in [-0.39, 0.29) is 11.8 Å². The third-order valence-electron chi connectivity index (χ3n) is 5.51. The van der Waals surface area contributed by atoms with Crippen LogP contribution in [0.15, 0.2) is 36.7 Å². The maximum atomic E-state index is 13.2. The van der Waals surface area contributed by atoms with Gasteiger partial charge in [0.25, 0.3) is 5.91 Å². The molecule has 4 aromatic rings. The van der Waals surface area contributed by atoms with Crippen LogP contribution in [0.25, 0.3) is 17.2 Å². The van der Waals surface area contributed by atoms with Crippen molar-refractivity contribution in [2.45, 2.75) is 25.7 Å². The number of nitrogens with zero attached hydrogens (tertiary/aromatic N) is 7. The number of likely N-dealkylation sites (tertiary alicyclic amines) is 1. The Kier molecular flexibility index (Phi) is 4.15. The number of H-pyrrole nitrogens is 1. The first-order chi connectivity index (χ1) is 14.1. The summed E-state index contributed by atoms with van der Waals surface area (Å²) in [5, 5.41) is 15.7. The lowest BCUT2D eigenvalue weighted by molar-refractivity contribution is 0.0704. The number of aromatic amines is 1. The van der Waals surface area contributed by atoms with Crippen LogP contribution in [-0.4, -0.2) is 58.2 Å². The van der Waals surface area contributed by atoms with Crippen LogP contribution in [0.1, 0.15) is 40.8 Å². The molecule has 0 aromatic carbocycles. The van der Waals surface area contributed by atoms with Crippen LogP contribution in [-0.2, 0) is 7.05 Å². The van der Waals surface area contributed by atoms with E-state index in [9.17, 15) is 4.79 Å². The molecule has 1 atom stereocenters. The maximum absolute atomic E-state index is 13.2. The van der Waals surface area contributed by atoms with Crippen LogP contribution in [0.3, 0.4) is 0 Å². The zero-order valence-electron chi connectivity index (χ0n) is 16.4. The number of carbonyl (C=O) groups excluding carboxylic acids is 1. The maximum Gasteiger partial charge on any atom is 0.255 e. The minimum Gasteiger partial charge on any atom is -0.348 e. The Morgan fingerprint density at radius 3 is 2.90 bits per heavy atom. The quantitative estimate of drug-likeness (QED) is 0.578. The van der Waals surface area contributed by atoms with Gasteiger partial charge in [0.15, 0.2) is 17.3 Å². The summed E-state index contributed by atoms with van der Waals surface area (Å²) in [7, 11) is 1.96. The lowest BCUT2D eigenvalue weighted by Gasteiger charge is -2.31. The van der Waals surface area contributed by atoms with E-state index in [0.29, 0.717) is 17.8 Å². The van der Waals surface area contributed by atoms with Crippen molar-refractivity contribution in [2.24, 2.45) is 7.05 Å². The molecular weight excluding hydrogens is 368 g/mol. The van der Waals surface area contributed by atoms with Gasteiger partial charge in [-0.15, -0.1) is 10.2 Å². The van der Waals surface area contributed by atoms with Gasteiger partial charge in [0.2, 0.25) is 0 Å². The van der Waals surface area contributed by atoms with Crippen LogP contribution in [0, 0.1) is 6.92 Å². The van der Waals surface area contributed by atoms with Gasteiger partial charge in [-0.2, -0.15) is 5.10 Å². The highest BCUT2D eigenvalue weighted by Gasteiger charge is 2.28. The van der Waals surface area contributed by atoms with E-state index in [1.54, 1.807) is 0 Å². The van der Waals surface area contributed by atoms with Gasteiger partial charge in [0, 0.05) is 38.4 Å². The van der Waals surface area contributed by atoms with Gasteiger partial charge in [-0.3, -0.25) is 14.3 Å². The third kappa shape index (κ3) is 3.08. The number of pyridine rings is 1. The number of hydrogen-bond donors (Lipinski definition) is 1. The standard InChI is InChI=1S/C20H22N8O/c1-13-21-18(24-22-13)14-5-3-10-27(11-14)20(29)15-7-8-17-23-25-19(28(17)12-15)16-6-4-9-26(16)2/h4,6-9,12,14H,3,5,10-11H2,1-2H3,(H,21,22,24). The van der Waals surface area contributed by atoms with Crippen molar-refractivity contribution >= 4 is 11.6 Å². The summed E-state index contributed by atoms with van der Waals surface area (Å²) in [5.41, 5.74) is 2.28. The van der Waals surface area contributed by atoms with Crippen molar-refractivity contribution < 1.29 is 4.79 Å². The topological polar surface area (TPSA) is 97.0 Å². The second kappa shape index (κ2) is 6.84. The molecule has 1 aliphatic rings. The molecule has 1 saturated heterocycles. The molecule has 1 amide bonds. The van der Waals surface area contributed by atoms with E-state index >= 15 is 0 Å². The number of nitrogens with one attached hydrogen (secondary N) is 1. The number of piperidine rings is 1. The van der Waals surface area contributed by atoms with Crippen molar-refractivity contribution in [3.63, 3.8) is 0 Å². The predicted molar refractivity (Wildman–Crippen MR) is 106 cm³/mol. The highest BCUT2D eigenvalue weighted by Crippen LogP contribution is 2.26. The molecule has 29 heavy (non-hydrogen) atoms. The van der Waals surface area contributed by atoms with Gasteiger partial charge in [0.1, 0.15) is 5.82 Å². The lowest BCUT2D eigenvalue weighted by Crippen LogP contribution is -2.39. The Hall–Kier alpha value is -3.49. The third-order valence-corrected chi connectivity index (χ3v) is 5.51. The molecular formula is C20H22N8O. The average Bonchev–Trinajstić information content (AvgIpc) is 3.46. The predicted octanol–water partition coefficient (Wildman–Crippen LogP) is 2.18. The van der Waals surface area contributed by atoms with Gasteiger partial charge in [0.05, 0.1) is 11.3 Å². The highest BCUT2D eigenvalue weighted by molar-refractivity contribution is 5.94. The first kappa shape index (κ1) is 17.6. The van der Waals surface area contributed by atoms with Crippen molar-refractivity contribution in [3.05, 3.63) is 53.9 Å². The van der Waals surface area contributed by atoms with Crippen LogP contribution < -0.4 is 0 Å². The molecule has 1 fully saturated rings. The molecule has 9 nitrogen and oxygen atoms in total. The number of amides is 1. The number of hydrogen-bond acceptors (Lipinski definition) is 5. The SMILES string of the molecule is Cc1nc(C2CCCN(C(=O)c3ccc4nnc(-c5cccn5C)n4c3)C2)n[nH]1. The summed E-state index contributed by atoms with van der Waals surface area (Å²) >= 11 is 0. The van der Waals surface area contributed by atoms with E-state index in [0.717, 1.165) is 42.6 Å². The molecule has 4 aromatic heterocycles. The Bertz CT molecular complexity index is 1190. The summed E-state index contributed by atoms with van der Waals surface area (Å²) in [6.07, 6.45) is 5.72. The zero-order valence-corrected chi connectivity index (χ0v) is 16.4. The summed E-state index contributed by atoms with van der Waals surface area (Å²) in [6.45, 7) is 3.26. The van der Waals surface area contributed by atoms with Crippen LogP contribution >= 0.6 is 0 Å². The van der Waals surface area contributed by atoms with Crippen LogP contribution in [0.2, 0.25) is 0 Å². The Balaban J connectivity index is 1.44. The second-order valence-corrected chi connectivity index (χ2v) is 7.54. The van der Waals surface area contributed by atoms with Crippen LogP contribution in [0.4, 0.5) is 0 Å². The molecule has 0 spiro atoms. The van der Waals surface area contributed by atoms with Gasteiger partial charge in [-0.1, -0.05) is 0 Å². The molecule has 1 unspecified atom stereocenters. The van der Waals surface area contributed by atoms with Crippen molar-refractivity contribution in [2.75, 3.05) is 13.1 Å². The van der Waals surface area contributed by atoms with Crippen molar-refractivity contribution in [1.29, 1.82) is 0 Å². The van der Waals surface area contributed by atoms with E-state index in [2.05, 4.69) is 25.4 Å². The first-order valence-electron chi connectivity index (χ1n) is 9.75. The van der Waals surface area contributed by atoms with E-state index in [4.69, 9.17) is 0 Å². The molecule has 1 aliphatic heterocycles. The van der Waals surface area contributed by atoms with Gasteiger partial charge in [-0.05, 0) is 44.0 Å². The van der Waals surface area contributed by atoms with E-state index in [1.807, 2.05) is 64.5 Å². The summed E-state index contributed by atoms with van der Waals surface area (Å²) < 4.78 is 3.86. The fourth-order valence-electron chi connectivity index (χ4n) is 3.98. The Labute approximate surface area is 167 Å². The fourth-order valence-corrected chi connectivity index (χ4v) is 3.98. The lowest BCUT2D eigenvalue weighted by atomic mass is 9.97. The molecule has 0 bridgehead atoms. The minimum atomic E-state index is 0.00962. The number of carbonyl (C=O) groups is 1. The largest absolute Gasteiger partial charge is 0.348 e. The molecule has 5 heterocycles. The van der Waals surface area contributed by atoms with E-state index < -0.39 is 0 Å². The normalized spacial score (nSPS) is 17.2. The number of fused-ring (bicyclic) bond motifs is 1. The Morgan fingerprint density at radius 1 is 1.24 bits per heavy atom. The van der Waals surface area contributed by atoms with Gasteiger partial charge < -0.3 is 9.47 Å². The molecule has 0 saturated carbocycles. The number of aryl methyl sites for hydroxylation is 2. The summed E-state index contributed by atoms with van der Waals surface area (Å²) in [4.78, 5) is 19.6. The molecule has 9 heteroatoms. The van der Waals surface area contributed by atoms with Crippen molar-refractivity contribution in [3.8, 4) is 11.5 Å². The second-order valence-electron chi connectivity index (χ2n) is 7.54. The smallest absolute Gasteiger partial charge is 0.255 e. The molecule has 5 rings (SSSR count). The molecule has 1 N–H and O–H groups in total. The average molecular weight is 390 g/mol. The van der Waals surface area contributed by atoms with Gasteiger partial charge >= 0.3 is 0 Å². The number of rotatable bonds is 3. The number of aromatic nitrogens is 7. The molecule has 148 valence electrons. The summed E-state index contributed by atoms with van der Waals surface area (Å²) in [5.74, 6) is 2.48.